The summed E-state index contributed by atoms with van der Waals surface area (Å²) >= 11 is 0. The van der Waals surface area contributed by atoms with Crippen molar-refractivity contribution in [2.24, 2.45) is 17.6 Å². The molecule has 0 aliphatic rings. The normalized spacial score (nSPS) is 12.9. The summed E-state index contributed by atoms with van der Waals surface area (Å²) in [5.41, 5.74) is 5.55. The molecule has 0 aromatic carbocycles. The molecule has 0 aromatic rings. The molecule has 0 heterocycles. The van der Waals surface area contributed by atoms with Gasteiger partial charge in [-0.2, -0.15) is 0 Å². The summed E-state index contributed by atoms with van der Waals surface area (Å²) in [5, 5.41) is 0. The molecule has 3 heteroatoms. The number of carbonyl (C=O) groups is 1. The molecule has 0 saturated carbocycles. The molecule has 0 fully saturated rings. The van der Waals surface area contributed by atoms with Crippen LogP contribution in [0, 0.1) is 11.8 Å². The third kappa shape index (κ3) is 7.37. The van der Waals surface area contributed by atoms with Gasteiger partial charge in [-0.1, -0.05) is 33.6 Å². The fraction of sp³-hybridized carbons (Fsp3) is 0.917. The van der Waals surface area contributed by atoms with Gasteiger partial charge in [0, 0.05) is 6.54 Å². The summed E-state index contributed by atoms with van der Waals surface area (Å²) in [7, 11) is 0. The smallest absolute Gasteiger partial charge is 0.310 e. The summed E-state index contributed by atoms with van der Waals surface area (Å²) in [4.78, 5) is 11.6. The number of ether oxygens (including phenoxy) is 1. The first-order valence-electron chi connectivity index (χ1n) is 5.98. The lowest BCUT2D eigenvalue weighted by Crippen LogP contribution is -2.27. The molecule has 15 heavy (non-hydrogen) atoms. The van der Waals surface area contributed by atoms with Crippen molar-refractivity contribution in [2.75, 3.05) is 13.2 Å². The molecular weight excluding hydrogens is 190 g/mol. The zero-order valence-electron chi connectivity index (χ0n) is 10.3. The lowest BCUT2D eigenvalue weighted by molar-refractivity contribution is -0.148. The van der Waals surface area contributed by atoms with E-state index in [2.05, 4.69) is 20.8 Å². The molecule has 0 radical (unpaired) electrons. The molecule has 2 N–H and O–H groups in total. The second kappa shape index (κ2) is 8.72. The Morgan fingerprint density at radius 3 is 2.47 bits per heavy atom. The van der Waals surface area contributed by atoms with E-state index in [1.165, 1.54) is 0 Å². The fourth-order valence-electron chi connectivity index (χ4n) is 1.50. The van der Waals surface area contributed by atoms with E-state index in [0.29, 0.717) is 19.1 Å². The number of hydrogen-bond donors (Lipinski definition) is 1. The van der Waals surface area contributed by atoms with Gasteiger partial charge in [-0.25, -0.2) is 0 Å². The molecule has 0 saturated heterocycles. The van der Waals surface area contributed by atoms with Gasteiger partial charge in [0.2, 0.25) is 0 Å². The average Bonchev–Trinajstić information content (AvgIpc) is 2.20. The number of hydrogen-bond acceptors (Lipinski definition) is 3. The van der Waals surface area contributed by atoms with Crippen LogP contribution in [0.5, 0.6) is 0 Å². The predicted octanol–water partition coefficient (Wildman–Crippen LogP) is 2.34. The van der Waals surface area contributed by atoms with Crippen molar-refractivity contribution < 1.29 is 9.53 Å². The summed E-state index contributed by atoms with van der Waals surface area (Å²) in [6.07, 6.45) is 4.04. The van der Waals surface area contributed by atoms with Crippen molar-refractivity contribution in [3.8, 4) is 0 Å². The Labute approximate surface area is 93.4 Å². The standard InChI is InChI=1S/C12H25NO2/c1-4-5-6-7-15-12(14)11(9-13)8-10(2)3/h10-11H,4-9,13H2,1-3H3. The van der Waals surface area contributed by atoms with Crippen molar-refractivity contribution in [3.63, 3.8) is 0 Å². The molecule has 1 atom stereocenters. The van der Waals surface area contributed by atoms with Crippen LogP contribution >= 0.6 is 0 Å². The Balaban J connectivity index is 3.73. The molecule has 90 valence electrons. The van der Waals surface area contributed by atoms with Crippen molar-refractivity contribution in [1.29, 1.82) is 0 Å². The van der Waals surface area contributed by atoms with Crippen LogP contribution in [0.1, 0.15) is 46.5 Å². The molecule has 3 nitrogen and oxygen atoms in total. The van der Waals surface area contributed by atoms with Gasteiger partial charge in [-0.05, 0) is 18.8 Å². The van der Waals surface area contributed by atoms with Gasteiger partial charge in [0.05, 0.1) is 12.5 Å². The maximum absolute atomic E-state index is 11.6. The molecule has 0 amide bonds. The summed E-state index contributed by atoms with van der Waals surface area (Å²) < 4.78 is 5.18. The lowest BCUT2D eigenvalue weighted by Gasteiger charge is -2.15. The highest BCUT2D eigenvalue weighted by atomic mass is 16.5. The molecule has 1 unspecified atom stereocenters. The summed E-state index contributed by atoms with van der Waals surface area (Å²) in [6.45, 7) is 7.25. The van der Waals surface area contributed by atoms with E-state index in [9.17, 15) is 4.79 Å². The highest BCUT2D eigenvalue weighted by molar-refractivity contribution is 5.72. The highest BCUT2D eigenvalue weighted by Gasteiger charge is 2.19. The molecule has 0 bridgehead atoms. The van der Waals surface area contributed by atoms with Gasteiger partial charge in [0.15, 0.2) is 0 Å². The van der Waals surface area contributed by atoms with Crippen molar-refractivity contribution in [1.82, 2.24) is 0 Å². The van der Waals surface area contributed by atoms with Crippen LogP contribution in [-0.4, -0.2) is 19.1 Å². The molecular formula is C12H25NO2. The number of carbonyl (C=O) groups excluding carboxylic acids is 1. The SMILES string of the molecule is CCCCCOC(=O)C(CN)CC(C)C. The number of esters is 1. The summed E-state index contributed by atoms with van der Waals surface area (Å²) in [5.74, 6) is 0.246. The van der Waals surface area contributed by atoms with E-state index in [1.807, 2.05) is 0 Å². The second-order valence-electron chi connectivity index (χ2n) is 4.44. The second-order valence-corrected chi connectivity index (χ2v) is 4.44. The molecule has 0 aromatic heterocycles. The largest absolute Gasteiger partial charge is 0.465 e. The van der Waals surface area contributed by atoms with Crippen LogP contribution in [0.15, 0.2) is 0 Å². The van der Waals surface area contributed by atoms with Crippen LogP contribution in [0.25, 0.3) is 0 Å². The third-order valence-corrected chi connectivity index (χ3v) is 2.37. The van der Waals surface area contributed by atoms with E-state index in [4.69, 9.17) is 10.5 Å². The minimum absolute atomic E-state index is 0.119. The van der Waals surface area contributed by atoms with Crippen molar-refractivity contribution in [3.05, 3.63) is 0 Å². The first-order chi connectivity index (χ1) is 7.11. The third-order valence-electron chi connectivity index (χ3n) is 2.37. The van der Waals surface area contributed by atoms with Crippen LogP contribution in [-0.2, 0) is 9.53 Å². The molecule has 0 aliphatic heterocycles. The first kappa shape index (κ1) is 14.4. The molecule has 0 rings (SSSR count). The number of unbranched alkanes of at least 4 members (excludes halogenated alkanes) is 2. The first-order valence-corrected chi connectivity index (χ1v) is 5.98. The maximum atomic E-state index is 11.6. The number of nitrogens with two attached hydrogens (primary N) is 1. The van der Waals surface area contributed by atoms with E-state index < -0.39 is 0 Å². The molecule has 0 aliphatic carbocycles. The average molecular weight is 215 g/mol. The van der Waals surface area contributed by atoms with Gasteiger partial charge < -0.3 is 10.5 Å². The minimum Gasteiger partial charge on any atom is -0.465 e. The van der Waals surface area contributed by atoms with Crippen LogP contribution in [0.3, 0.4) is 0 Å². The lowest BCUT2D eigenvalue weighted by atomic mass is 9.97. The Morgan fingerprint density at radius 2 is 2.00 bits per heavy atom. The zero-order chi connectivity index (χ0) is 11.7. The topological polar surface area (TPSA) is 52.3 Å². The van der Waals surface area contributed by atoms with Crippen LogP contribution in [0.2, 0.25) is 0 Å². The van der Waals surface area contributed by atoms with Gasteiger partial charge >= 0.3 is 5.97 Å². The van der Waals surface area contributed by atoms with E-state index in [1.54, 1.807) is 0 Å². The minimum atomic E-state index is -0.123. The Kier molecular flexibility index (Phi) is 8.38. The van der Waals surface area contributed by atoms with Gasteiger partial charge in [-0.3, -0.25) is 4.79 Å². The van der Waals surface area contributed by atoms with Gasteiger partial charge in [-0.15, -0.1) is 0 Å². The Hall–Kier alpha value is -0.570. The van der Waals surface area contributed by atoms with E-state index in [-0.39, 0.29) is 11.9 Å². The molecule has 0 spiro atoms. The highest BCUT2D eigenvalue weighted by Crippen LogP contribution is 2.12. The quantitative estimate of drug-likeness (QED) is 0.499. The van der Waals surface area contributed by atoms with E-state index >= 15 is 0 Å². The van der Waals surface area contributed by atoms with Crippen LogP contribution < -0.4 is 5.73 Å². The fourth-order valence-corrected chi connectivity index (χ4v) is 1.50. The zero-order valence-corrected chi connectivity index (χ0v) is 10.3. The van der Waals surface area contributed by atoms with Crippen molar-refractivity contribution >= 4 is 5.97 Å². The van der Waals surface area contributed by atoms with Crippen LogP contribution in [0.4, 0.5) is 0 Å². The van der Waals surface area contributed by atoms with E-state index in [0.717, 1.165) is 25.7 Å². The predicted molar refractivity (Wildman–Crippen MR) is 62.5 cm³/mol. The van der Waals surface area contributed by atoms with Gasteiger partial charge in [0.25, 0.3) is 0 Å². The van der Waals surface area contributed by atoms with Crippen molar-refractivity contribution in [2.45, 2.75) is 46.5 Å². The number of rotatable bonds is 8. The monoisotopic (exact) mass is 215 g/mol. The Morgan fingerprint density at radius 1 is 1.33 bits per heavy atom. The Bertz CT molecular complexity index is 169. The van der Waals surface area contributed by atoms with Gasteiger partial charge in [0.1, 0.15) is 0 Å². The summed E-state index contributed by atoms with van der Waals surface area (Å²) in [6, 6.07) is 0. The maximum Gasteiger partial charge on any atom is 0.310 e.